The minimum atomic E-state index is -0.813. The molecule has 1 unspecified atom stereocenters. The number of fused-ring (bicyclic) bond motifs is 1. The van der Waals surface area contributed by atoms with Gasteiger partial charge in [0.15, 0.2) is 11.6 Å². The van der Waals surface area contributed by atoms with Crippen molar-refractivity contribution in [1.82, 2.24) is 9.47 Å². The van der Waals surface area contributed by atoms with Crippen LogP contribution in [0.2, 0.25) is 0 Å². The number of hydrogen-bond donors (Lipinski definition) is 0. The second kappa shape index (κ2) is 7.53. The summed E-state index contributed by atoms with van der Waals surface area (Å²) in [4.78, 5) is 2.20. The molecule has 1 aliphatic rings. The fraction of sp³-hybridized carbons (Fsp3) is 0.273. The Balaban J connectivity index is 1.80. The average Bonchev–Trinajstić information content (AvgIpc) is 3.07. The summed E-state index contributed by atoms with van der Waals surface area (Å²) >= 11 is 0. The molecule has 0 saturated heterocycles. The van der Waals surface area contributed by atoms with Crippen LogP contribution in [0.4, 0.5) is 8.78 Å². The van der Waals surface area contributed by atoms with E-state index in [4.69, 9.17) is 4.74 Å². The molecule has 27 heavy (non-hydrogen) atoms. The van der Waals surface area contributed by atoms with Gasteiger partial charge in [-0.25, -0.2) is 8.78 Å². The van der Waals surface area contributed by atoms with Gasteiger partial charge in [0.25, 0.3) is 0 Å². The second-order valence-electron chi connectivity index (χ2n) is 6.81. The molecule has 3 aromatic rings. The molecule has 0 bridgehead atoms. The summed E-state index contributed by atoms with van der Waals surface area (Å²) in [6.45, 7) is 2.23. The summed E-state index contributed by atoms with van der Waals surface area (Å²) in [5.74, 6) is -0.787. The van der Waals surface area contributed by atoms with E-state index < -0.39 is 11.6 Å². The summed E-state index contributed by atoms with van der Waals surface area (Å²) in [6, 6.07) is 15.9. The Hall–Kier alpha value is -2.66. The lowest BCUT2D eigenvalue weighted by atomic mass is 10.00. The number of para-hydroxylation sites is 1. The van der Waals surface area contributed by atoms with Crippen LogP contribution >= 0.6 is 0 Å². The van der Waals surface area contributed by atoms with E-state index in [1.165, 1.54) is 6.07 Å². The van der Waals surface area contributed by atoms with Crippen molar-refractivity contribution in [2.45, 2.75) is 25.6 Å². The predicted molar refractivity (Wildman–Crippen MR) is 101 cm³/mol. The highest BCUT2D eigenvalue weighted by Crippen LogP contribution is 2.35. The molecule has 2 heterocycles. The summed E-state index contributed by atoms with van der Waals surface area (Å²) in [7, 11) is 1.65. The number of methoxy groups -OCH3 is 1. The minimum absolute atomic E-state index is 0.358. The van der Waals surface area contributed by atoms with E-state index in [-0.39, 0.29) is 6.04 Å². The van der Waals surface area contributed by atoms with Gasteiger partial charge in [-0.1, -0.05) is 30.3 Å². The van der Waals surface area contributed by atoms with Gasteiger partial charge in [0.1, 0.15) is 5.75 Å². The van der Waals surface area contributed by atoms with Crippen molar-refractivity contribution < 1.29 is 13.5 Å². The fourth-order valence-electron chi connectivity index (χ4n) is 3.95. The molecule has 1 aromatic heterocycles. The first-order valence-corrected chi connectivity index (χ1v) is 9.14. The van der Waals surface area contributed by atoms with E-state index in [0.717, 1.165) is 36.5 Å². The van der Waals surface area contributed by atoms with E-state index >= 15 is 0 Å². The quantitative estimate of drug-likeness (QED) is 0.660. The van der Waals surface area contributed by atoms with Crippen LogP contribution in [0.1, 0.15) is 29.3 Å². The normalized spacial score (nSPS) is 17.4. The standard InChI is InChI=1S/C22H22F2N2O/c1-27-20-11-3-2-7-16(20)15-26-14-6-13-25-12-5-10-19(25)22(26)17-8-4-9-18(23)21(17)24/h2-5,7-12,22H,6,13-15H2,1H3. The van der Waals surface area contributed by atoms with Gasteiger partial charge in [-0.2, -0.15) is 0 Å². The third kappa shape index (κ3) is 3.35. The number of rotatable bonds is 4. The molecule has 0 N–H and O–H groups in total. The van der Waals surface area contributed by atoms with Gasteiger partial charge in [0.2, 0.25) is 0 Å². The molecule has 0 radical (unpaired) electrons. The Bertz CT molecular complexity index is 938. The lowest BCUT2D eigenvalue weighted by Gasteiger charge is -2.31. The van der Waals surface area contributed by atoms with Crippen molar-refractivity contribution >= 4 is 0 Å². The Kier molecular flexibility index (Phi) is 4.94. The molecular weight excluding hydrogens is 346 g/mol. The Labute approximate surface area is 157 Å². The van der Waals surface area contributed by atoms with Crippen LogP contribution < -0.4 is 4.74 Å². The largest absolute Gasteiger partial charge is 0.496 e. The van der Waals surface area contributed by atoms with Crippen LogP contribution in [0, 0.1) is 11.6 Å². The summed E-state index contributed by atoms with van der Waals surface area (Å²) in [5, 5.41) is 0. The fourth-order valence-corrected chi connectivity index (χ4v) is 3.95. The van der Waals surface area contributed by atoms with Crippen LogP contribution in [-0.4, -0.2) is 23.1 Å². The molecular formula is C22H22F2N2O. The predicted octanol–water partition coefficient (Wildman–Crippen LogP) is 4.77. The number of halogens is 2. The van der Waals surface area contributed by atoms with Crippen LogP contribution in [0.25, 0.3) is 0 Å². The lowest BCUT2D eigenvalue weighted by molar-refractivity contribution is 0.212. The maximum atomic E-state index is 14.7. The van der Waals surface area contributed by atoms with Crippen LogP contribution in [-0.2, 0) is 13.1 Å². The van der Waals surface area contributed by atoms with E-state index in [2.05, 4.69) is 9.47 Å². The van der Waals surface area contributed by atoms with Crippen LogP contribution in [0.3, 0.4) is 0 Å². The Morgan fingerprint density at radius 3 is 2.70 bits per heavy atom. The Morgan fingerprint density at radius 2 is 1.85 bits per heavy atom. The molecule has 140 valence electrons. The molecule has 2 aromatic carbocycles. The van der Waals surface area contributed by atoms with Gasteiger partial charge in [0, 0.05) is 42.7 Å². The highest BCUT2D eigenvalue weighted by atomic mass is 19.2. The number of benzene rings is 2. The number of hydrogen-bond acceptors (Lipinski definition) is 2. The highest BCUT2D eigenvalue weighted by Gasteiger charge is 2.30. The van der Waals surface area contributed by atoms with Crippen molar-refractivity contribution in [1.29, 1.82) is 0 Å². The van der Waals surface area contributed by atoms with E-state index in [9.17, 15) is 8.78 Å². The number of aryl methyl sites for hydroxylation is 1. The molecule has 0 aliphatic carbocycles. The van der Waals surface area contributed by atoms with Crippen molar-refractivity contribution in [3.63, 3.8) is 0 Å². The van der Waals surface area contributed by atoms with Gasteiger partial charge in [0.05, 0.1) is 13.2 Å². The SMILES string of the molecule is COc1ccccc1CN1CCCn2cccc2C1c1cccc(F)c1F. The zero-order chi connectivity index (χ0) is 18.8. The van der Waals surface area contributed by atoms with E-state index in [1.807, 2.05) is 42.6 Å². The average molecular weight is 368 g/mol. The molecule has 3 nitrogen and oxygen atoms in total. The lowest BCUT2D eigenvalue weighted by Crippen LogP contribution is -2.30. The summed E-state index contributed by atoms with van der Waals surface area (Å²) in [5.41, 5.74) is 2.38. The molecule has 5 heteroatoms. The molecule has 1 aliphatic heterocycles. The van der Waals surface area contributed by atoms with Crippen molar-refractivity contribution in [3.05, 3.63) is 89.2 Å². The monoisotopic (exact) mass is 368 g/mol. The number of aromatic nitrogens is 1. The van der Waals surface area contributed by atoms with Gasteiger partial charge < -0.3 is 9.30 Å². The summed E-state index contributed by atoms with van der Waals surface area (Å²) in [6.07, 6.45) is 2.94. The zero-order valence-electron chi connectivity index (χ0n) is 15.2. The van der Waals surface area contributed by atoms with Crippen LogP contribution in [0.15, 0.2) is 60.8 Å². The maximum absolute atomic E-state index is 14.7. The first kappa shape index (κ1) is 17.7. The molecule has 4 rings (SSSR count). The Morgan fingerprint density at radius 1 is 1.00 bits per heavy atom. The smallest absolute Gasteiger partial charge is 0.163 e. The van der Waals surface area contributed by atoms with E-state index in [1.54, 1.807) is 19.2 Å². The molecule has 0 fully saturated rings. The summed E-state index contributed by atoms with van der Waals surface area (Å²) < 4.78 is 36.4. The van der Waals surface area contributed by atoms with Gasteiger partial charge in [-0.05, 0) is 30.7 Å². The topological polar surface area (TPSA) is 17.4 Å². The number of nitrogens with zero attached hydrogens (tertiary/aromatic N) is 2. The van der Waals surface area contributed by atoms with Gasteiger partial charge in [-0.3, -0.25) is 4.90 Å². The van der Waals surface area contributed by atoms with E-state index in [0.29, 0.717) is 12.1 Å². The first-order chi connectivity index (χ1) is 13.2. The van der Waals surface area contributed by atoms with Crippen molar-refractivity contribution in [3.8, 4) is 5.75 Å². The molecule has 0 amide bonds. The molecule has 0 saturated carbocycles. The van der Waals surface area contributed by atoms with Gasteiger partial charge in [-0.15, -0.1) is 0 Å². The maximum Gasteiger partial charge on any atom is 0.163 e. The zero-order valence-corrected chi connectivity index (χ0v) is 15.2. The third-order valence-corrected chi connectivity index (χ3v) is 5.20. The molecule has 0 spiro atoms. The third-order valence-electron chi connectivity index (χ3n) is 5.20. The molecule has 1 atom stereocenters. The first-order valence-electron chi connectivity index (χ1n) is 9.14. The number of ether oxygens (including phenoxy) is 1. The minimum Gasteiger partial charge on any atom is -0.496 e. The second-order valence-corrected chi connectivity index (χ2v) is 6.81. The van der Waals surface area contributed by atoms with Crippen molar-refractivity contribution in [2.75, 3.05) is 13.7 Å². The van der Waals surface area contributed by atoms with Crippen molar-refractivity contribution in [2.24, 2.45) is 0 Å². The highest BCUT2D eigenvalue weighted by molar-refractivity contribution is 5.35. The van der Waals surface area contributed by atoms with Crippen LogP contribution in [0.5, 0.6) is 5.75 Å². The van der Waals surface area contributed by atoms with Gasteiger partial charge >= 0.3 is 0 Å².